The molecule has 0 aliphatic carbocycles. The molecule has 1 saturated heterocycles. The zero-order valence-corrected chi connectivity index (χ0v) is 17.2. The van der Waals surface area contributed by atoms with E-state index in [1.807, 2.05) is 0 Å². The lowest BCUT2D eigenvalue weighted by atomic mass is 10.0. The Hall–Kier alpha value is -0.0400. The number of rotatable bonds is 9. The number of piperidine rings is 1. The number of unbranched alkanes of at least 4 members (excludes halogenated alkanes) is 2. The molecule has 0 aromatic heterocycles. The summed E-state index contributed by atoms with van der Waals surface area (Å²) in [6.45, 7) is 13.4. The molecule has 22 heavy (non-hydrogen) atoms. The average Bonchev–Trinajstić information content (AvgIpc) is 2.47. The van der Waals surface area contributed by atoms with Crippen molar-refractivity contribution in [3.05, 3.63) is 0 Å². The first-order valence-corrected chi connectivity index (χ1v) is 9.00. The van der Waals surface area contributed by atoms with Crippen molar-refractivity contribution < 1.29 is 0 Å². The van der Waals surface area contributed by atoms with Gasteiger partial charge in [-0.1, -0.05) is 20.3 Å². The molecule has 0 bridgehead atoms. The second kappa shape index (κ2) is 14.5. The van der Waals surface area contributed by atoms with Crippen LogP contribution in [0.5, 0.6) is 0 Å². The van der Waals surface area contributed by atoms with Crippen LogP contribution in [0.1, 0.15) is 59.3 Å². The highest BCUT2D eigenvalue weighted by Gasteiger charge is 2.15. The molecule has 1 aliphatic rings. The van der Waals surface area contributed by atoms with E-state index in [1.54, 1.807) is 0 Å². The van der Waals surface area contributed by atoms with Gasteiger partial charge in [0.2, 0.25) is 0 Å². The summed E-state index contributed by atoms with van der Waals surface area (Å²) in [7, 11) is 0. The van der Waals surface area contributed by atoms with Gasteiger partial charge in [-0.2, -0.15) is 0 Å². The van der Waals surface area contributed by atoms with Crippen molar-refractivity contribution in [3.8, 4) is 0 Å². The molecule has 1 heterocycles. The van der Waals surface area contributed by atoms with Gasteiger partial charge in [0, 0.05) is 26.2 Å². The maximum absolute atomic E-state index is 4.66. The summed E-state index contributed by atoms with van der Waals surface area (Å²) in [6, 6.07) is 0. The van der Waals surface area contributed by atoms with Crippen molar-refractivity contribution in [2.45, 2.75) is 59.3 Å². The number of hydrogen-bond donors (Lipinski definition) is 2. The smallest absolute Gasteiger partial charge is 0.191 e. The minimum Gasteiger partial charge on any atom is -0.357 e. The van der Waals surface area contributed by atoms with Gasteiger partial charge < -0.3 is 15.5 Å². The van der Waals surface area contributed by atoms with Crippen LogP contribution in [-0.4, -0.2) is 50.1 Å². The van der Waals surface area contributed by atoms with Gasteiger partial charge in [-0.05, 0) is 58.0 Å². The molecular formula is C17H37IN4. The second-order valence-corrected chi connectivity index (χ2v) is 6.30. The van der Waals surface area contributed by atoms with Crippen molar-refractivity contribution in [1.82, 2.24) is 15.5 Å². The highest BCUT2D eigenvalue weighted by atomic mass is 127. The lowest BCUT2D eigenvalue weighted by molar-refractivity contribution is 0.181. The van der Waals surface area contributed by atoms with Crippen LogP contribution >= 0.6 is 24.0 Å². The van der Waals surface area contributed by atoms with Crippen LogP contribution in [0.25, 0.3) is 0 Å². The Kier molecular flexibility index (Phi) is 14.5. The molecule has 4 nitrogen and oxygen atoms in total. The van der Waals surface area contributed by atoms with Crippen molar-refractivity contribution in [2.75, 3.05) is 39.3 Å². The van der Waals surface area contributed by atoms with E-state index in [4.69, 9.17) is 0 Å². The zero-order chi connectivity index (χ0) is 15.3. The molecule has 0 radical (unpaired) electrons. The van der Waals surface area contributed by atoms with Gasteiger partial charge >= 0.3 is 0 Å². The molecule has 132 valence electrons. The van der Waals surface area contributed by atoms with Crippen LogP contribution in [0, 0.1) is 5.92 Å². The summed E-state index contributed by atoms with van der Waals surface area (Å²) in [5.41, 5.74) is 0. The molecule has 2 N–H and O–H groups in total. The van der Waals surface area contributed by atoms with E-state index < -0.39 is 0 Å². The number of guanidine groups is 1. The molecule has 1 fully saturated rings. The van der Waals surface area contributed by atoms with E-state index in [9.17, 15) is 0 Å². The highest BCUT2D eigenvalue weighted by molar-refractivity contribution is 14.0. The minimum absolute atomic E-state index is 0. The zero-order valence-electron chi connectivity index (χ0n) is 14.9. The van der Waals surface area contributed by atoms with Crippen LogP contribution in [0.2, 0.25) is 0 Å². The van der Waals surface area contributed by atoms with Gasteiger partial charge in [0.05, 0.1) is 0 Å². The summed E-state index contributed by atoms with van der Waals surface area (Å²) in [5.74, 6) is 1.87. The standard InChI is InChI=1S/C17H36N4.HI/c1-4-6-11-19-17(18-5-2)20-12-7-8-13-21-14-9-10-16(3)15-21;/h16H,4-15H2,1-3H3,(H2,18,19,20);1H. The molecular weight excluding hydrogens is 387 g/mol. The molecule has 1 aliphatic heterocycles. The second-order valence-electron chi connectivity index (χ2n) is 6.30. The Morgan fingerprint density at radius 2 is 2.00 bits per heavy atom. The van der Waals surface area contributed by atoms with E-state index in [0.717, 1.165) is 31.5 Å². The predicted molar refractivity (Wildman–Crippen MR) is 108 cm³/mol. The maximum Gasteiger partial charge on any atom is 0.191 e. The van der Waals surface area contributed by atoms with Crippen molar-refractivity contribution >= 4 is 29.9 Å². The predicted octanol–water partition coefficient (Wildman–Crippen LogP) is 3.47. The Morgan fingerprint density at radius 1 is 1.18 bits per heavy atom. The molecule has 0 aromatic carbocycles. The number of likely N-dealkylation sites (tertiary alicyclic amines) is 1. The SMILES string of the molecule is CCCCNC(=NCCCCN1CCCC(C)C1)NCC.I. The molecule has 1 rings (SSSR count). The summed E-state index contributed by atoms with van der Waals surface area (Å²) < 4.78 is 0. The summed E-state index contributed by atoms with van der Waals surface area (Å²) >= 11 is 0. The molecule has 0 spiro atoms. The summed E-state index contributed by atoms with van der Waals surface area (Å²) in [4.78, 5) is 7.29. The number of nitrogens with one attached hydrogen (secondary N) is 2. The molecule has 0 aromatic rings. The Labute approximate surface area is 154 Å². The first-order chi connectivity index (χ1) is 10.3. The van der Waals surface area contributed by atoms with Crippen molar-refractivity contribution in [3.63, 3.8) is 0 Å². The Bertz CT molecular complexity index is 284. The van der Waals surface area contributed by atoms with Crippen molar-refractivity contribution in [2.24, 2.45) is 10.9 Å². The summed E-state index contributed by atoms with van der Waals surface area (Å²) in [5, 5.41) is 6.71. The van der Waals surface area contributed by atoms with E-state index in [2.05, 4.69) is 41.3 Å². The fourth-order valence-corrected chi connectivity index (χ4v) is 2.85. The van der Waals surface area contributed by atoms with E-state index in [-0.39, 0.29) is 24.0 Å². The van der Waals surface area contributed by atoms with Crippen molar-refractivity contribution in [1.29, 1.82) is 0 Å². The van der Waals surface area contributed by atoms with Gasteiger partial charge in [-0.25, -0.2) is 0 Å². The number of hydrogen-bond acceptors (Lipinski definition) is 2. The maximum atomic E-state index is 4.66. The van der Waals surface area contributed by atoms with Crippen LogP contribution in [-0.2, 0) is 0 Å². The lowest BCUT2D eigenvalue weighted by Crippen LogP contribution is -2.38. The first kappa shape index (κ1) is 22.0. The molecule has 1 atom stereocenters. The monoisotopic (exact) mass is 424 g/mol. The largest absolute Gasteiger partial charge is 0.357 e. The Morgan fingerprint density at radius 3 is 2.68 bits per heavy atom. The third-order valence-corrected chi connectivity index (χ3v) is 4.06. The fraction of sp³-hybridized carbons (Fsp3) is 0.941. The van der Waals surface area contributed by atoms with Gasteiger partial charge in [-0.3, -0.25) is 4.99 Å². The summed E-state index contributed by atoms with van der Waals surface area (Å²) in [6.07, 6.45) is 7.68. The number of halogens is 1. The number of aliphatic imine (C=N–C) groups is 1. The molecule has 0 amide bonds. The highest BCUT2D eigenvalue weighted by Crippen LogP contribution is 2.15. The van der Waals surface area contributed by atoms with Crippen LogP contribution in [0.15, 0.2) is 4.99 Å². The van der Waals surface area contributed by atoms with Gasteiger partial charge in [0.15, 0.2) is 5.96 Å². The van der Waals surface area contributed by atoms with Gasteiger partial charge in [0.1, 0.15) is 0 Å². The normalized spacial score (nSPS) is 19.6. The third-order valence-electron chi connectivity index (χ3n) is 4.06. The van der Waals surface area contributed by atoms with Crippen LogP contribution in [0.3, 0.4) is 0 Å². The lowest BCUT2D eigenvalue weighted by Gasteiger charge is -2.30. The topological polar surface area (TPSA) is 39.7 Å². The number of nitrogens with zero attached hydrogens (tertiary/aromatic N) is 2. The first-order valence-electron chi connectivity index (χ1n) is 9.00. The Balaban J connectivity index is 0.00000441. The van der Waals surface area contributed by atoms with E-state index in [0.29, 0.717) is 0 Å². The molecule has 5 heteroatoms. The molecule has 1 unspecified atom stereocenters. The van der Waals surface area contributed by atoms with E-state index in [1.165, 1.54) is 58.2 Å². The quantitative estimate of drug-likeness (QED) is 0.258. The van der Waals surface area contributed by atoms with Crippen LogP contribution < -0.4 is 10.6 Å². The van der Waals surface area contributed by atoms with Gasteiger partial charge in [0.25, 0.3) is 0 Å². The van der Waals surface area contributed by atoms with E-state index >= 15 is 0 Å². The van der Waals surface area contributed by atoms with Gasteiger partial charge in [-0.15, -0.1) is 24.0 Å². The fourth-order valence-electron chi connectivity index (χ4n) is 2.85. The molecule has 0 saturated carbocycles. The third kappa shape index (κ3) is 10.6. The minimum atomic E-state index is 0. The average molecular weight is 424 g/mol. The van der Waals surface area contributed by atoms with Crippen LogP contribution in [0.4, 0.5) is 0 Å².